The van der Waals surface area contributed by atoms with E-state index in [9.17, 15) is 4.39 Å². The van der Waals surface area contributed by atoms with Crippen LogP contribution in [0.2, 0.25) is 5.02 Å². The molecule has 5 nitrogen and oxygen atoms in total. The number of halogens is 2. The molecule has 24 heavy (non-hydrogen) atoms. The number of aromatic nitrogens is 3. The molecule has 1 aliphatic heterocycles. The molecule has 1 saturated heterocycles. The van der Waals surface area contributed by atoms with Gasteiger partial charge in [0.1, 0.15) is 11.6 Å². The smallest absolute Gasteiger partial charge is 0.153 e. The summed E-state index contributed by atoms with van der Waals surface area (Å²) in [5.41, 5.74) is 0.708. The number of nitrogens with zero attached hydrogens (tertiary/aromatic N) is 3. The zero-order valence-corrected chi connectivity index (χ0v) is 14.4. The van der Waals surface area contributed by atoms with E-state index in [1.807, 2.05) is 0 Å². The lowest BCUT2D eigenvalue weighted by atomic mass is 10.1. The summed E-state index contributed by atoms with van der Waals surface area (Å²) in [4.78, 5) is 4.62. The van der Waals surface area contributed by atoms with E-state index in [-0.39, 0.29) is 11.1 Å². The molecule has 0 aliphatic carbocycles. The summed E-state index contributed by atoms with van der Waals surface area (Å²) in [5.74, 6) is 1.10. The van der Waals surface area contributed by atoms with Crippen molar-refractivity contribution in [2.75, 3.05) is 20.3 Å². The van der Waals surface area contributed by atoms with Crippen LogP contribution in [0.3, 0.4) is 0 Å². The number of aryl methyl sites for hydroxylation is 1. The summed E-state index contributed by atoms with van der Waals surface area (Å²) in [6.45, 7) is 1.39. The predicted octanol–water partition coefficient (Wildman–Crippen LogP) is 3.36. The van der Waals surface area contributed by atoms with Gasteiger partial charge in [0.2, 0.25) is 0 Å². The molecule has 7 heteroatoms. The van der Waals surface area contributed by atoms with Gasteiger partial charge < -0.3 is 9.47 Å². The van der Waals surface area contributed by atoms with E-state index in [0.717, 1.165) is 38.1 Å². The minimum absolute atomic E-state index is 0.0755. The average molecular weight is 354 g/mol. The van der Waals surface area contributed by atoms with Crippen molar-refractivity contribution in [1.82, 2.24) is 14.8 Å². The van der Waals surface area contributed by atoms with Gasteiger partial charge in [-0.1, -0.05) is 11.6 Å². The lowest BCUT2D eigenvalue weighted by Crippen LogP contribution is -2.10. The molecule has 0 spiro atoms. The van der Waals surface area contributed by atoms with Crippen molar-refractivity contribution in [1.29, 1.82) is 0 Å². The minimum atomic E-state index is -0.443. The molecule has 0 bridgehead atoms. The van der Waals surface area contributed by atoms with E-state index in [0.29, 0.717) is 24.5 Å². The van der Waals surface area contributed by atoms with E-state index < -0.39 is 5.82 Å². The molecule has 1 aliphatic rings. The summed E-state index contributed by atoms with van der Waals surface area (Å²) in [6, 6.07) is 4.57. The summed E-state index contributed by atoms with van der Waals surface area (Å²) < 4.78 is 25.9. The molecule has 1 fully saturated rings. The molecule has 2 aromatic rings. The molecule has 0 amide bonds. The highest BCUT2D eigenvalue weighted by molar-refractivity contribution is 6.30. The van der Waals surface area contributed by atoms with Gasteiger partial charge in [0.05, 0.1) is 23.4 Å². The van der Waals surface area contributed by atoms with Crippen LogP contribution in [0.25, 0.3) is 5.69 Å². The summed E-state index contributed by atoms with van der Waals surface area (Å²) in [6.07, 6.45) is 4.77. The molecule has 0 unspecified atom stereocenters. The largest absolute Gasteiger partial charge is 0.384 e. The van der Waals surface area contributed by atoms with Gasteiger partial charge in [0.15, 0.2) is 5.82 Å². The highest BCUT2D eigenvalue weighted by Gasteiger charge is 2.18. The van der Waals surface area contributed by atoms with Gasteiger partial charge >= 0.3 is 0 Å². The Morgan fingerprint density at radius 3 is 3.00 bits per heavy atom. The van der Waals surface area contributed by atoms with E-state index in [1.165, 1.54) is 6.07 Å². The molecule has 130 valence electrons. The van der Waals surface area contributed by atoms with Crippen LogP contribution < -0.4 is 0 Å². The summed E-state index contributed by atoms with van der Waals surface area (Å²) >= 11 is 5.91. The zero-order valence-electron chi connectivity index (χ0n) is 13.7. The lowest BCUT2D eigenvalue weighted by Gasteiger charge is -2.10. The van der Waals surface area contributed by atoms with Crippen molar-refractivity contribution >= 4 is 11.6 Å². The molecule has 0 N–H and O–H groups in total. The fraction of sp³-hybridized carbons (Fsp3) is 0.529. The third-order valence-corrected chi connectivity index (χ3v) is 4.40. The van der Waals surface area contributed by atoms with E-state index in [4.69, 9.17) is 21.1 Å². The first-order chi connectivity index (χ1) is 11.7. The summed E-state index contributed by atoms with van der Waals surface area (Å²) in [7, 11) is 1.65. The normalized spacial score (nSPS) is 17.5. The molecule has 2 heterocycles. The number of hydrogen-bond acceptors (Lipinski definition) is 4. The second kappa shape index (κ2) is 8.05. The maximum Gasteiger partial charge on any atom is 0.153 e. The molecule has 3 rings (SSSR count). The van der Waals surface area contributed by atoms with Gasteiger partial charge in [-0.3, -0.25) is 0 Å². The van der Waals surface area contributed by atoms with E-state index >= 15 is 0 Å². The van der Waals surface area contributed by atoms with Crippen LogP contribution in [0, 0.1) is 5.82 Å². The predicted molar refractivity (Wildman–Crippen MR) is 89.2 cm³/mol. The fourth-order valence-electron chi connectivity index (χ4n) is 2.84. The van der Waals surface area contributed by atoms with Crippen molar-refractivity contribution in [3.05, 3.63) is 40.7 Å². The van der Waals surface area contributed by atoms with Crippen molar-refractivity contribution in [2.24, 2.45) is 0 Å². The highest BCUT2D eigenvalue weighted by Crippen LogP contribution is 2.22. The molecular formula is C17H21ClFN3O2. The standard InChI is InChI=1S/C17H21ClFN3O2/c1-23-10-8-16-20-17(7-5-13-3-2-9-24-13)22(21-16)12-4-6-15(19)14(18)11-12/h4,6,11,13H,2-3,5,7-10H2,1H3/t13-/m1/s1. The Labute approximate surface area is 145 Å². The molecule has 1 aromatic heterocycles. The summed E-state index contributed by atoms with van der Waals surface area (Å²) in [5, 5.41) is 4.61. The maximum absolute atomic E-state index is 13.4. The van der Waals surface area contributed by atoms with Crippen LogP contribution >= 0.6 is 11.6 Å². The van der Waals surface area contributed by atoms with Gasteiger partial charge in [0.25, 0.3) is 0 Å². The Hall–Kier alpha value is -1.50. The first-order valence-electron chi connectivity index (χ1n) is 8.18. The van der Waals surface area contributed by atoms with Crippen molar-refractivity contribution in [3.63, 3.8) is 0 Å². The number of methoxy groups -OCH3 is 1. The fourth-order valence-corrected chi connectivity index (χ4v) is 3.01. The Morgan fingerprint density at radius 1 is 1.42 bits per heavy atom. The zero-order chi connectivity index (χ0) is 16.9. The van der Waals surface area contributed by atoms with Gasteiger partial charge in [-0.05, 0) is 37.5 Å². The third-order valence-electron chi connectivity index (χ3n) is 4.11. The van der Waals surface area contributed by atoms with Gasteiger partial charge in [-0.25, -0.2) is 14.1 Å². The second-order valence-electron chi connectivity index (χ2n) is 5.87. The lowest BCUT2D eigenvalue weighted by molar-refractivity contribution is 0.104. The highest BCUT2D eigenvalue weighted by atomic mass is 35.5. The topological polar surface area (TPSA) is 49.2 Å². The van der Waals surface area contributed by atoms with Crippen LogP contribution in [-0.4, -0.2) is 41.2 Å². The minimum Gasteiger partial charge on any atom is -0.384 e. The maximum atomic E-state index is 13.4. The Morgan fingerprint density at radius 2 is 2.29 bits per heavy atom. The Kier molecular flexibility index (Phi) is 5.81. The second-order valence-corrected chi connectivity index (χ2v) is 6.28. The van der Waals surface area contributed by atoms with Crippen molar-refractivity contribution in [3.8, 4) is 5.69 Å². The van der Waals surface area contributed by atoms with Crippen molar-refractivity contribution in [2.45, 2.75) is 38.2 Å². The first-order valence-corrected chi connectivity index (χ1v) is 8.56. The van der Waals surface area contributed by atoms with Gasteiger partial charge in [0, 0.05) is 26.6 Å². The average Bonchev–Trinajstić information content (AvgIpc) is 3.23. The number of rotatable bonds is 7. The molecular weight excluding hydrogens is 333 g/mol. The van der Waals surface area contributed by atoms with Crippen LogP contribution in [0.4, 0.5) is 4.39 Å². The monoisotopic (exact) mass is 353 g/mol. The molecule has 1 aromatic carbocycles. The Balaban J connectivity index is 1.83. The number of benzene rings is 1. The molecule has 0 radical (unpaired) electrons. The molecule has 1 atom stereocenters. The van der Waals surface area contributed by atoms with E-state index in [2.05, 4.69) is 10.1 Å². The molecule has 0 saturated carbocycles. The van der Waals surface area contributed by atoms with Crippen molar-refractivity contribution < 1.29 is 13.9 Å². The first kappa shape index (κ1) is 17.3. The third kappa shape index (κ3) is 4.12. The van der Waals surface area contributed by atoms with Crippen LogP contribution in [0.5, 0.6) is 0 Å². The van der Waals surface area contributed by atoms with Gasteiger partial charge in [-0.2, -0.15) is 5.10 Å². The van der Waals surface area contributed by atoms with Crippen LogP contribution in [0.15, 0.2) is 18.2 Å². The van der Waals surface area contributed by atoms with Gasteiger partial charge in [-0.15, -0.1) is 0 Å². The van der Waals surface area contributed by atoms with E-state index in [1.54, 1.807) is 23.9 Å². The van der Waals surface area contributed by atoms with Crippen LogP contribution in [-0.2, 0) is 22.3 Å². The Bertz CT molecular complexity index is 686. The quantitative estimate of drug-likeness (QED) is 0.765. The SMILES string of the molecule is COCCc1nc(CC[C@H]2CCCO2)n(-c2ccc(F)c(Cl)c2)n1. The number of ether oxygens (including phenoxy) is 2. The van der Waals surface area contributed by atoms with Crippen LogP contribution in [0.1, 0.15) is 30.9 Å². The number of hydrogen-bond donors (Lipinski definition) is 0.